The van der Waals surface area contributed by atoms with Crippen LogP contribution >= 0.6 is 0 Å². The molecule has 6 heteroatoms. The normalized spacial score (nSPS) is 11.4. The number of amides is 1. The number of rotatable bonds is 8. The van der Waals surface area contributed by atoms with Crippen LogP contribution in [0.25, 0.3) is 10.8 Å². The van der Waals surface area contributed by atoms with Gasteiger partial charge in [-0.25, -0.2) is 4.79 Å². The number of esters is 1. The summed E-state index contributed by atoms with van der Waals surface area (Å²) in [6, 6.07) is 29.7. The summed E-state index contributed by atoms with van der Waals surface area (Å²) in [5, 5.41) is 4.64. The van der Waals surface area contributed by atoms with E-state index in [1.54, 1.807) is 30.3 Å². The largest absolute Gasteiger partial charge is 0.481 e. The molecule has 0 aliphatic rings. The molecule has 0 heterocycles. The second kappa shape index (κ2) is 10.3. The van der Waals surface area contributed by atoms with E-state index in [0.29, 0.717) is 17.2 Å². The van der Waals surface area contributed by atoms with Crippen LogP contribution in [-0.2, 0) is 14.3 Å². The van der Waals surface area contributed by atoms with Crippen molar-refractivity contribution in [1.82, 2.24) is 0 Å². The molecule has 1 amide bonds. The van der Waals surface area contributed by atoms with Crippen LogP contribution in [0.4, 0.5) is 5.69 Å². The number of ether oxygens (including phenoxy) is 3. The third-order valence-electron chi connectivity index (χ3n) is 4.87. The smallest absolute Gasteiger partial charge is 0.344 e. The Hall–Kier alpha value is -4.32. The molecule has 0 aliphatic carbocycles. The van der Waals surface area contributed by atoms with Crippen LogP contribution in [-0.4, -0.2) is 24.6 Å². The molecule has 0 saturated carbocycles. The Balaban J connectivity index is 1.27. The van der Waals surface area contributed by atoms with Crippen molar-refractivity contribution < 1.29 is 23.8 Å². The predicted octanol–water partition coefficient (Wildman–Crippen LogP) is 5.58. The van der Waals surface area contributed by atoms with Crippen LogP contribution in [0.1, 0.15) is 6.92 Å². The van der Waals surface area contributed by atoms with Crippen molar-refractivity contribution in [3.63, 3.8) is 0 Å². The molecule has 1 N–H and O–H groups in total. The van der Waals surface area contributed by atoms with Gasteiger partial charge in [-0.1, -0.05) is 54.6 Å². The van der Waals surface area contributed by atoms with Crippen LogP contribution in [0.3, 0.4) is 0 Å². The fourth-order valence-corrected chi connectivity index (χ4v) is 3.22. The molecule has 166 valence electrons. The minimum Gasteiger partial charge on any atom is -0.481 e. The lowest BCUT2D eigenvalue weighted by molar-refractivity contribution is -0.155. The molecule has 6 nitrogen and oxygen atoms in total. The highest BCUT2D eigenvalue weighted by Gasteiger charge is 2.18. The van der Waals surface area contributed by atoms with Gasteiger partial charge in [-0.05, 0) is 54.8 Å². The number of nitrogens with one attached hydrogen (secondary N) is 1. The number of fused-ring (bicyclic) bond motifs is 1. The van der Waals surface area contributed by atoms with Crippen molar-refractivity contribution in [3.8, 4) is 17.2 Å². The van der Waals surface area contributed by atoms with E-state index in [0.717, 1.165) is 16.5 Å². The van der Waals surface area contributed by atoms with E-state index in [1.165, 1.54) is 6.92 Å². The van der Waals surface area contributed by atoms with Crippen molar-refractivity contribution in [1.29, 1.82) is 0 Å². The molecule has 4 aromatic carbocycles. The number of para-hydroxylation sites is 1. The molecule has 0 unspecified atom stereocenters. The molecule has 4 rings (SSSR count). The Labute approximate surface area is 191 Å². The van der Waals surface area contributed by atoms with Crippen LogP contribution in [0.2, 0.25) is 0 Å². The van der Waals surface area contributed by atoms with E-state index in [2.05, 4.69) is 5.32 Å². The van der Waals surface area contributed by atoms with Gasteiger partial charge >= 0.3 is 5.97 Å². The van der Waals surface area contributed by atoms with Crippen LogP contribution in [0.15, 0.2) is 97.1 Å². The van der Waals surface area contributed by atoms with E-state index in [-0.39, 0.29) is 6.61 Å². The summed E-state index contributed by atoms with van der Waals surface area (Å²) in [5.74, 6) is 0.882. The molecule has 33 heavy (non-hydrogen) atoms. The third kappa shape index (κ3) is 5.89. The fourth-order valence-electron chi connectivity index (χ4n) is 3.22. The van der Waals surface area contributed by atoms with Gasteiger partial charge in [0.2, 0.25) is 0 Å². The summed E-state index contributed by atoms with van der Waals surface area (Å²) < 4.78 is 16.6. The summed E-state index contributed by atoms with van der Waals surface area (Å²) in [7, 11) is 0. The van der Waals surface area contributed by atoms with Gasteiger partial charge in [0.05, 0.1) is 0 Å². The average Bonchev–Trinajstić information content (AvgIpc) is 2.84. The summed E-state index contributed by atoms with van der Waals surface area (Å²) in [4.78, 5) is 24.6. The lowest BCUT2D eigenvalue weighted by atomic mass is 10.1. The van der Waals surface area contributed by atoms with Gasteiger partial charge < -0.3 is 19.5 Å². The fraction of sp³-hybridized carbons (Fsp3) is 0.111. The van der Waals surface area contributed by atoms with Gasteiger partial charge in [0.1, 0.15) is 17.2 Å². The Morgan fingerprint density at radius 2 is 1.45 bits per heavy atom. The SMILES string of the molecule is C[C@H](OC(=O)COc1cccc2ccccc12)C(=O)Nc1ccc(Oc2ccccc2)cc1. The Morgan fingerprint density at radius 1 is 0.788 bits per heavy atom. The topological polar surface area (TPSA) is 73.9 Å². The number of hydrogen-bond donors (Lipinski definition) is 1. The minimum atomic E-state index is -0.978. The lowest BCUT2D eigenvalue weighted by Crippen LogP contribution is -2.31. The van der Waals surface area contributed by atoms with Gasteiger partial charge in [0.15, 0.2) is 12.7 Å². The number of benzene rings is 4. The molecular weight excluding hydrogens is 418 g/mol. The zero-order valence-corrected chi connectivity index (χ0v) is 18.1. The van der Waals surface area contributed by atoms with Gasteiger partial charge in [0.25, 0.3) is 5.91 Å². The Kier molecular flexibility index (Phi) is 6.85. The summed E-state index contributed by atoms with van der Waals surface area (Å²) >= 11 is 0. The highest BCUT2D eigenvalue weighted by molar-refractivity contribution is 5.95. The van der Waals surface area contributed by atoms with Crippen molar-refractivity contribution in [2.45, 2.75) is 13.0 Å². The zero-order valence-electron chi connectivity index (χ0n) is 18.1. The Bertz CT molecular complexity index is 1230. The highest BCUT2D eigenvalue weighted by atomic mass is 16.6. The third-order valence-corrected chi connectivity index (χ3v) is 4.87. The molecule has 0 bridgehead atoms. The second-order valence-corrected chi connectivity index (χ2v) is 7.33. The molecule has 0 aliphatic heterocycles. The average molecular weight is 441 g/mol. The van der Waals surface area contributed by atoms with E-state index in [1.807, 2.05) is 66.7 Å². The number of carbonyl (C=O) groups excluding carboxylic acids is 2. The summed E-state index contributed by atoms with van der Waals surface area (Å²) in [5.41, 5.74) is 0.565. The van der Waals surface area contributed by atoms with Gasteiger partial charge in [0, 0.05) is 11.1 Å². The first-order valence-electron chi connectivity index (χ1n) is 10.5. The van der Waals surface area contributed by atoms with E-state index in [4.69, 9.17) is 14.2 Å². The summed E-state index contributed by atoms with van der Waals surface area (Å²) in [6.45, 7) is 1.22. The molecule has 1 atom stereocenters. The minimum absolute atomic E-state index is 0.294. The number of hydrogen-bond acceptors (Lipinski definition) is 5. The predicted molar refractivity (Wildman–Crippen MR) is 127 cm³/mol. The maximum atomic E-state index is 12.4. The lowest BCUT2D eigenvalue weighted by Gasteiger charge is -2.15. The van der Waals surface area contributed by atoms with Gasteiger partial charge in [-0.15, -0.1) is 0 Å². The highest BCUT2D eigenvalue weighted by Crippen LogP contribution is 2.25. The standard InChI is InChI=1S/C27H23NO5/c1-19(32-26(29)18-31-25-13-7-9-20-8-5-6-12-24(20)25)27(30)28-21-14-16-23(17-15-21)33-22-10-3-2-4-11-22/h2-17,19H,18H2,1H3,(H,28,30)/t19-/m0/s1. The molecule has 0 spiro atoms. The van der Waals surface area contributed by atoms with Crippen molar-refractivity contribution in [2.24, 2.45) is 0 Å². The first-order valence-corrected chi connectivity index (χ1v) is 10.5. The number of carbonyl (C=O) groups is 2. The van der Waals surface area contributed by atoms with Crippen molar-refractivity contribution in [3.05, 3.63) is 97.1 Å². The quantitative estimate of drug-likeness (QED) is 0.361. The van der Waals surface area contributed by atoms with E-state index >= 15 is 0 Å². The molecule has 0 saturated heterocycles. The molecule has 0 fully saturated rings. The van der Waals surface area contributed by atoms with Crippen LogP contribution < -0.4 is 14.8 Å². The second-order valence-electron chi connectivity index (χ2n) is 7.33. The maximum Gasteiger partial charge on any atom is 0.344 e. The molecular formula is C27H23NO5. The van der Waals surface area contributed by atoms with Crippen molar-refractivity contribution >= 4 is 28.3 Å². The van der Waals surface area contributed by atoms with Gasteiger partial charge in [-0.2, -0.15) is 0 Å². The molecule has 4 aromatic rings. The van der Waals surface area contributed by atoms with Crippen LogP contribution in [0, 0.1) is 0 Å². The monoisotopic (exact) mass is 441 g/mol. The van der Waals surface area contributed by atoms with E-state index in [9.17, 15) is 9.59 Å². The first-order chi connectivity index (χ1) is 16.1. The molecule has 0 aromatic heterocycles. The van der Waals surface area contributed by atoms with Crippen LogP contribution in [0.5, 0.6) is 17.2 Å². The Morgan fingerprint density at radius 3 is 2.24 bits per heavy atom. The van der Waals surface area contributed by atoms with Crippen molar-refractivity contribution in [2.75, 3.05) is 11.9 Å². The molecule has 0 radical (unpaired) electrons. The maximum absolute atomic E-state index is 12.4. The van der Waals surface area contributed by atoms with Gasteiger partial charge in [-0.3, -0.25) is 4.79 Å². The first kappa shape index (κ1) is 21.9. The zero-order chi connectivity index (χ0) is 23.0. The van der Waals surface area contributed by atoms with E-state index < -0.39 is 18.0 Å². The number of anilines is 1. The summed E-state index contributed by atoms with van der Waals surface area (Å²) in [6.07, 6.45) is -0.978.